The lowest BCUT2D eigenvalue weighted by atomic mass is 10.1. The van der Waals surface area contributed by atoms with Crippen LogP contribution in [-0.2, 0) is 4.79 Å². The van der Waals surface area contributed by atoms with E-state index < -0.39 is 0 Å². The standard InChI is InChI=1S/C16H19N3O2.2ClH/c1-12(10-17-2)16(20)19-13-8-9-15(18-11-13)21-14-6-4-3-5-7-14;;/h3-9,11-12,17H,10H2,1-2H3,(H,19,20);2*1H. The zero-order chi connectivity index (χ0) is 15.1. The number of hydrogen-bond donors (Lipinski definition) is 2. The maximum Gasteiger partial charge on any atom is 0.228 e. The number of nitrogens with zero attached hydrogens (tertiary/aromatic N) is 1. The number of hydrogen-bond acceptors (Lipinski definition) is 4. The van der Waals surface area contributed by atoms with E-state index in [1.54, 1.807) is 18.3 Å². The van der Waals surface area contributed by atoms with Crippen LogP contribution in [0.5, 0.6) is 11.6 Å². The molecule has 0 spiro atoms. The minimum atomic E-state index is -0.102. The number of carbonyl (C=O) groups is 1. The number of ether oxygens (including phenoxy) is 1. The second-order valence-electron chi connectivity index (χ2n) is 4.75. The predicted octanol–water partition coefficient (Wildman–Crippen LogP) is 3.51. The van der Waals surface area contributed by atoms with E-state index in [9.17, 15) is 4.79 Å². The fraction of sp³-hybridized carbons (Fsp3) is 0.250. The van der Waals surface area contributed by atoms with Crippen LogP contribution < -0.4 is 15.4 Å². The van der Waals surface area contributed by atoms with Crippen molar-refractivity contribution in [3.05, 3.63) is 48.7 Å². The van der Waals surface area contributed by atoms with Crippen molar-refractivity contribution in [1.29, 1.82) is 0 Å². The highest BCUT2D eigenvalue weighted by molar-refractivity contribution is 5.92. The van der Waals surface area contributed by atoms with Crippen molar-refractivity contribution in [1.82, 2.24) is 10.3 Å². The molecule has 0 bridgehead atoms. The van der Waals surface area contributed by atoms with Gasteiger partial charge in [-0.1, -0.05) is 25.1 Å². The summed E-state index contributed by atoms with van der Waals surface area (Å²) >= 11 is 0. The van der Waals surface area contributed by atoms with E-state index in [4.69, 9.17) is 4.74 Å². The summed E-state index contributed by atoms with van der Waals surface area (Å²) in [6, 6.07) is 12.9. The minimum absolute atomic E-state index is 0. The smallest absolute Gasteiger partial charge is 0.228 e. The van der Waals surface area contributed by atoms with Gasteiger partial charge in [0.25, 0.3) is 0 Å². The lowest BCUT2D eigenvalue weighted by Gasteiger charge is -2.11. The zero-order valence-corrected chi connectivity index (χ0v) is 14.6. The first kappa shape index (κ1) is 21.2. The van der Waals surface area contributed by atoms with Crippen LogP contribution in [-0.4, -0.2) is 24.5 Å². The lowest BCUT2D eigenvalue weighted by molar-refractivity contribution is -0.119. The summed E-state index contributed by atoms with van der Waals surface area (Å²) in [5.41, 5.74) is 0.656. The Labute approximate surface area is 148 Å². The first-order valence-electron chi connectivity index (χ1n) is 6.83. The molecule has 2 N–H and O–H groups in total. The number of carbonyl (C=O) groups excluding carboxylic acids is 1. The van der Waals surface area contributed by atoms with Gasteiger partial charge in [-0.2, -0.15) is 0 Å². The fourth-order valence-corrected chi connectivity index (χ4v) is 1.79. The van der Waals surface area contributed by atoms with Crippen molar-refractivity contribution < 1.29 is 9.53 Å². The summed E-state index contributed by atoms with van der Waals surface area (Å²) in [5.74, 6) is 1.07. The van der Waals surface area contributed by atoms with Gasteiger partial charge in [-0.25, -0.2) is 4.98 Å². The van der Waals surface area contributed by atoms with Crippen LogP contribution in [0.25, 0.3) is 0 Å². The summed E-state index contributed by atoms with van der Waals surface area (Å²) in [4.78, 5) is 16.0. The number of nitrogens with one attached hydrogen (secondary N) is 2. The van der Waals surface area contributed by atoms with E-state index in [-0.39, 0.29) is 36.6 Å². The van der Waals surface area contributed by atoms with Gasteiger partial charge in [-0.15, -0.1) is 24.8 Å². The van der Waals surface area contributed by atoms with E-state index in [1.165, 1.54) is 0 Å². The molecular weight excluding hydrogens is 337 g/mol. The second kappa shape index (κ2) is 10.8. The van der Waals surface area contributed by atoms with Crippen molar-refractivity contribution in [2.24, 2.45) is 5.92 Å². The number of benzene rings is 1. The quantitative estimate of drug-likeness (QED) is 0.830. The van der Waals surface area contributed by atoms with Crippen LogP contribution in [0.2, 0.25) is 0 Å². The Bertz CT molecular complexity index is 580. The molecule has 0 fully saturated rings. The molecule has 23 heavy (non-hydrogen) atoms. The third-order valence-corrected chi connectivity index (χ3v) is 2.93. The molecule has 7 heteroatoms. The summed E-state index contributed by atoms with van der Waals surface area (Å²) in [7, 11) is 1.82. The summed E-state index contributed by atoms with van der Waals surface area (Å²) in [6.45, 7) is 2.50. The maximum absolute atomic E-state index is 11.9. The fourth-order valence-electron chi connectivity index (χ4n) is 1.79. The van der Waals surface area contributed by atoms with Gasteiger partial charge < -0.3 is 15.4 Å². The molecule has 1 aromatic carbocycles. The number of aromatic nitrogens is 1. The number of halogens is 2. The minimum Gasteiger partial charge on any atom is -0.439 e. The monoisotopic (exact) mass is 357 g/mol. The van der Waals surface area contributed by atoms with Gasteiger partial charge in [0, 0.05) is 18.5 Å². The maximum atomic E-state index is 11.9. The van der Waals surface area contributed by atoms with Crippen LogP contribution in [0.3, 0.4) is 0 Å². The van der Waals surface area contributed by atoms with Crippen molar-refractivity contribution in [3.63, 3.8) is 0 Å². The van der Waals surface area contributed by atoms with Crippen molar-refractivity contribution >= 4 is 36.4 Å². The SMILES string of the molecule is CNCC(C)C(=O)Nc1ccc(Oc2ccccc2)nc1.Cl.Cl. The van der Waals surface area contributed by atoms with Gasteiger partial charge in [-0.05, 0) is 25.2 Å². The van der Waals surface area contributed by atoms with Crippen molar-refractivity contribution in [2.45, 2.75) is 6.92 Å². The van der Waals surface area contributed by atoms with Gasteiger partial charge in [0.1, 0.15) is 5.75 Å². The highest BCUT2D eigenvalue weighted by Gasteiger charge is 2.12. The van der Waals surface area contributed by atoms with Gasteiger partial charge >= 0.3 is 0 Å². The van der Waals surface area contributed by atoms with E-state index in [0.717, 1.165) is 5.75 Å². The second-order valence-corrected chi connectivity index (χ2v) is 4.75. The molecular formula is C16H21Cl2N3O2. The highest BCUT2D eigenvalue weighted by atomic mass is 35.5. The van der Waals surface area contributed by atoms with Crippen LogP contribution in [0.1, 0.15) is 6.92 Å². The summed E-state index contributed by atoms with van der Waals surface area (Å²) < 4.78 is 5.59. The highest BCUT2D eigenvalue weighted by Crippen LogP contribution is 2.19. The van der Waals surface area contributed by atoms with Crippen molar-refractivity contribution in [3.8, 4) is 11.6 Å². The Hall–Kier alpha value is -1.82. The molecule has 0 aliphatic heterocycles. The molecule has 0 saturated heterocycles. The number of para-hydroxylation sites is 1. The number of amides is 1. The lowest BCUT2D eigenvalue weighted by Crippen LogP contribution is -2.28. The Morgan fingerprint density at radius 3 is 2.43 bits per heavy atom. The predicted molar refractivity (Wildman–Crippen MR) is 97.0 cm³/mol. The Morgan fingerprint density at radius 1 is 1.17 bits per heavy atom. The van der Waals surface area contributed by atoms with Gasteiger partial charge in [0.15, 0.2) is 0 Å². The third-order valence-electron chi connectivity index (χ3n) is 2.93. The molecule has 0 saturated carbocycles. The van der Waals surface area contributed by atoms with Crippen molar-refractivity contribution in [2.75, 3.05) is 18.9 Å². The Kier molecular flexibility index (Phi) is 9.97. The molecule has 126 valence electrons. The third kappa shape index (κ3) is 6.86. The van der Waals surface area contributed by atoms with Gasteiger partial charge in [0.2, 0.25) is 11.8 Å². The van der Waals surface area contributed by atoms with E-state index >= 15 is 0 Å². The molecule has 0 aliphatic carbocycles. The van der Waals surface area contributed by atoms with Crippen LogP contribution in [0.4, 0.5) is 5.69 Å². The molecule has 2 aromatic rings. The molecule has 1 heterocycles. The molecule has 1 unspecified atom stereocenters. The first-order valence-corrected chi connectivity index (χ1v) is 6.83. The Morgan fingerprint density at radius 2 is 1.87 bits per heavy atom. The van der Waals surface area contributed by atoms with Gasteiger partial charge in [-0.3, -0.25) is 4.79 Å². The number of pyridine rings is 1. The molecule has 2 rings (SSSR count). The van der Waals surface area contributed by atoms with Crippen LogP contribution in [0.15, 0.2) is 48.7 Å². The number of anilines is 1. The molecule has 1 amide bonds. The average molecular weight is 358 g/mol. The Balaban J connectivity index is 0.00000242. The molecule has 1 atom stereocenters. The first-order chi connectivity index (χ1) is 10.2. The zero-order valence-electron chi connectivity index (χ0n) is 13.0. The molecule has 0 aliphatic rings. The molecule has 1 aromatic heterocycles. The van der Waals surface area contributed by atoms with Crippen LogP contribution in [0, 0.1) is 5.92 Å². The largest absolute Gasteiger partial charge is 0.439 e. The van der Waals surface area contributed by atoms with E-state index in [0.29, 0.717) is 18.1 Å². The molecule has 0 radical (unpaired) electrons. The van der Waals surface area contributed by atoms with Gasteiger partial charge in [0.05, 0.1) is 11.9 Å². The van der Waals surface area contributed by atoms with E-state index in [2.05, 4.69) is 15.6 Å². The normalized spacial score (nSPS) is 10.7. The average Bonchev–Trinajstić information content (AvgIpc) is 2.50. The molecule has 5 nitrogen and oxygen atoms in total. The topological polar surface area (TPSA) is 63.2 Å². The van der Waals surface area contributed by atoms with Crippen LogP contribution >= 0.6 is 24.8 Å². The summed E-state index contributed by atoms with van der Waals surface area (Å²) in [5, 5.41) is 5.79. The number of rotatable bonds is 6. The summed E-state index contributed by atoms with van der Waals surface area (Å²) in [6.07, 6.45) is 1.59. The van der Waals surface area contributed by atoms with E-state index in [1.807, 2.05) is 44.3 Å².